The van der Waals surface area contributed by atoms with Crippen LogP contribution >= 0.6 is 11.3 Å². The van der Waals surface area contributed by atoms with E-state index in [1.54, 1.807) is 5.51 Å². The summed E-state index contributed by atoms with van der Waals surface area (Å²) in [5, 5.41) is 3.95. The average Bonchev–Trinajstić information content (AvgIpc) is 2.97. The highest BCUT2D eigenvalue weighted by Gasteiger charge is 2.28. The first-order valence-corrected chi connectivity index (χ1v) is 7.04. The minimum absolute atomic E-state index is 0.363. The molecule has 0 saturated heterocycles. The highest BCUT2D eigenvalue weighted by atomic mass is 32.1. The Morgan fingerprint density at radius 3 is 2.95 bits per heavy atom. The number of hydrogen-bond acceptors (Lipinski definition) is 7. The van der Waals surface area contributed by atoms with Gasteiger partial charge >= 0.3 is 0 Å². The number of aryl methyl sites for hydroxylation is 1. The number of hydrogen-bond donors (Lipinski definition) is 1. The van der Waals surface area contributed by atoms with Crippen LogP contribution < -0.4 is 5.73 Å². The molecule has 2 aromatic rings. The summed E-state index contributed by atoms with van der Waals surface area (Å²) in [5.74, 6) is 0.911. The fraction of sp³-hybridized carbons (Fsp3) is 0.583. The molecular formula is C12H18N4O2S. The molecule has 2 aromatic heterocycles. The van der Waals surface area contributed by atoms with Crippen molar-refractivity contribution >= 4 is 11.3 Å². The molecule has 0 amide bonds. The van der Waals surface area contributed by atoms with E-state index < -0.39 is 5.54 Å². The van der Waals surface area contributed by atoms with E-state index in [0.717, 1.165) is 17.0 Å². The van der Waals surface area contributed by atoms with E-state index in [0.29, 0.717) is 24.9 Å². The van der Waals surface area contributed by atoms with E-state index in [4.69, 9.17) is 15.0 Å². The van der Waals surface area contributed by atoms with Crippen LogP contribution in [0.15, 0.2) is 10.0 Å². The molecule has 0 aromatic carbocycles. The monoisotopic (exact) mass is 282 g/mol. The predicted molar refractivity (Wildman–Crippen MR) is 72.8 cm³/mol. The number of ether oxygens (including phenoxy) is 1. The van der Waals surface area contributed by atoms with Crippen molar-refractivity contribution in [1.29, 1.82) is 0 Å². The first-order chi connectivity index (χ1) is 9.04. The van der Waals surface area contributed by atoms with Crippen LogP contribution in [0.3, 0.4) is 0 Å². The smallest absolute Gasteiger partial charge is 0.269 e. The lowest BCUT2D eigenvalue weighted by Crippen LogP contribution is -2.39. The molecule has 6 nitrogen and oxygen atoms in total. The molecule has 0 saturated carbocycles. The second-order valence-corrected chi connectivity index (χ2v) is 5.51. The summed E-state index contributed by atoms with van der Waals surface area (Å²) < 4.78 is 10.7. The zero-order chi connectivity index (χ0) is 13.9. The van der Waals surface area contributed by atoms with Crippen LogP contribution in [0.1, 0.15) is 31.8 Å². The van der Waals surface area contributed by atoms with Gasteiger partial charge in [-0.1, -0.05) is 12.1 Å². The lowest BCUT2D eigenvalue weighted by atomic mass is 10.1. The quantitative estimate of drug-likeness (QED) is 0.816. The molecule has 0 fully saturated rings. The van der Waals surface area contributed by atoms with Gasteiger partial charge in [-0.25, -0.2) is 4.98 Å². The third kappa shape index (κ3) is 3.17. The highest BCUT2D eigenvalue weighted by Crippen LogP contribution is 2.27. The molecule has 0 aliphatic rings. The molecule has 2 rings (SSSR count). The Labute approximate surface area is 116 Å². The van der Waals surface area contributed by atoms with Gasteiger partial charge in [-0.15, -0.1) is 11.3 Å². The fourth-order valence-corrected chi connectivity index (χ4v) is 2.27. The van der Waals surface area contributed by atoms with Crippen molar-refractivity contribution in [2.75, 3.05) is 13.2 Å². The molecular weight excluding hydrogens is 264 g/mol. The van der Waals surface area contributed by atoms with Gasteiger partial charge in [0.25, 0.3) is 5.89 Å². The van der Waals surface area contributed by atoms with Gasteiger partial charge in [0.2, 0.25) is 0 Å². The van der Waals surface area contributed by atoms with E-state index in [2.05, 4.69) is 15.1 Å². The van der Waals surface area contributed by atoms with Crippen LogP contribution in [0.5, 0.6) is 0 Å². The van der Waals surface area contributed by atoms with E-state index in [-0.39, 0.29) is 0 Å². The predicted octanol–water partition coefficient (Wildman–Crippen LogP) is 2.10. The Morgan fingerprint density at radius 2 is 2.32 bits per heavy atom. The summed E-state index contributed by atoms with van der Waals surface area (Å²) in [6, 6.07) is 0. The molecule has 7 heteroatoms. The summed E-state index contributed by atoms with van der Waals surface area (Å²) in [6.07, 6.45) is 0.952. The standard InChI is InChI=1S/C12H18N4O2S/c1-4-5-17-6-12(3,13)11-15-10(18-16-11)9-8(2)14-7-19-9/h7H,4-6,13H2,1-3H3. The first-order valence-electron chi connectivity index (χ1n) is 6.16. The van der Waals surface area contributed by atoms with Crippen molar-refractivity contribution in [1.82, 2.24) is 15.1 Å². The minimum Gasteiger partial charge on any atom is -0.379 e. The summed E-state index contributed by atoms with van der Waals surface area (Å²) in [6.45, 7) is 6.82. The molecule has 19 heavy (non-hydrogen) atoms. The third-order valence-electron chi connectivity index (χ3n) is 2.63. The zero-order valence-corrected chi connectivity index (χ0v) is 12.2. The largest absolute Gasteiger partial charge is 0.379 e. The van der Waals surface area contributed by atoms with Crippen LogP contribution in [-0.2, 0) is 10.3 Å². The number of rotatable bonds is 6. The maximum Gasteiger partial charge on any atom is 0.269 e. The Morgan fingerprint density at radius 1 is 1.53 bits per heavy atom. The molecule has 104 valence electrons. The van der Waals surface area contributed by atoms with Crippen LogP contribution in [-0.4, -0.2) is 28.3 Å². The van der Waals surface area contributed by atoms with E-state index in [1.165, 1.54) is 11.3 Å². The van der Waals surface area contributed by atoms with Gasteiger partial charge in [0.05, 0.1) is 17.8 Å². The van der Waals surface area contributed by atoms with Gasteiger partial charge in [0, 0.05) is 6.61 Å². The van der Waals surface area contributed by atoms with E-state index in [1.807, 2.05) is 20.8 Å². The van der Waals surface area contributed by atoms with E-state index >= 15 is 0 Å². The van der Waals surface area contributed by atoms with Gasteiger partial charge < -0.3 is 15.0 Å². The van der Waals surface area contributed by atoms with Gasteiger partial charge in [-0.05, 0) is 20.3 Å². The van der Waals surface area contributed by atoms with Crippen molar-refractivity contribution < 1.29 is 9.26 Å². The summed E-state index contributed by atoms with van der Waals surface area (Å²) in [4.78, 5) is 9.39. The van der Waals surface area contributed by atoms with Crippen LogP contribution in [0.4, 0.5) is 0 Å². The molecule has 0 aliphatic heterocycles. The summed E-state index contributed by atoms with van der Waals surface area (Å²) in [5.41, 5.74) is 8.03. The first kappa shape index (κ1) is 14.1. The van der Waals surface area contributed by atoms with E-state index in [9.17, 15) is 0 Å². The molecule has 2 N–H and O–H groups in total. The number of thiazole rings is 1. The van der Waals surface area contributed by atoms with Gasteiger partial charge in [0.15, 0.2) is 5.82 Å². The molecule has 1 unspecified atom stereocenters. The van der Waals surface area contributed by atoms with Crippen molar-refractivity contribution in [2.24, 2.45) is 5.73 Å². The molecule has 0 spiro atoms. The maximum absolute atomic E-state index is 6.16. The molecule has 0 radical (unpaired) electrons. The van der Waals surface area contributed by atoms with Crippen LogP contribution in [0, 0.1) is 6.92 Å². The lowest BCUT2D eigenvalue weighted by molar-refractivity contribution is 0.0867. The maximum atomic E-state index is 6.16. The van der Waals surface area contributed by atoms with Crippen LogP contribution in [0.25, 0.3) is 10.8 Å². The fourth-order valence-electron chi connectivity index (χ4n) is 1.55. The van der Waals surface area contributed by atoms with Gasteiger partial charge in [-0.2, -0.15) is 4.98 Å². The third-order valence-corrected chi connectivity index (χ3v) is 3.54. The van der Waals surface area contributed by atoms with Crippen molar-refractivity contribution in [3.8, 4) is 10.8 Å². The summed E-state index contributed by atoms with van der Waals surface area (Å²) >= 11 is 1.47. The van der Waals surface area contributed by atoms with Crippen LogP contribution in [0.2, 0.25) is 0 Å². The molecule has 0 aliphatic carbocycles. The van der Waals surface area contributed by atoms with Gasteiger partial charge in [0.1, 0.15) is 10.4 Å². The molecule has 0 bridgehead atoms. The Bertz CT molecular complexity index is 535. The SMILES string of the molecule is CCCOCC(C)(N)c1noc(-c2scnc2C)n1. The number of aromatic nitrogens is 3. The Hall–Kier alpha value is -1.31. The molecule has 1 atom stereocenters. The minimum atomic E-state index is -0.754. The topological polar surface area (TPSA) is 87.1 Å². The normalized spacial score (nSPS) is 14.5. The molecule has 2 heterocycles. The average molecular weight is 282 g/mol. The van der Waals surface area contributed by atoms with Crippen molar-refractivity contribution in [3.05, 3.63) is 17.0 Å². The Kier molecular flexibility index (Phi) is 4.28. The van der Waals surface area contributed by atoms with Gasteiger partial charge in [-0.3, -0.25) is 0 Å². The summed E-state index contributed by atoms with van der Waals surface area (Å²) in [7, 11) is 0. The Balaban J connectivity index is 2.14. The second kappa shape index (κ2) is 5.77. The highest BCUT2D eigenvalue weighted by molar-refractivity contribution is 7.13. The number of nitrogens with two attached hydrogens (primary N) is 1. The zero-order valence-electron chi connectivity index (χ0n) is 11.3. The lowest BCUT2D eigenvalue weighted by Gasteiger charge is -2.19. The second-order valence-electron chi connectivity index (χ2n) is 4.66. The van der Waals surface area contributed by atoms with Crippen molar-refractivity contribution in [3.63, 3.8) is 0 Å². The van der Waals surface area contributed by atoms with Crippen molar-refractivity contribution in [2.45, 2.75) is 32.7 Å². The number of nitrogens with zero attached hydrogens (tertiary/aromatic N) is 3.